The van der Waals surface area contributed by atoms with Crippen LogP contribution in [0.3, 0.4) is 0 Å². The Bertz CT molecular complexity index is 5560. The second-order valence-corrected chi connectivity index (χ2v) is 29.7. The molecule has 11 heterocycles. The van der Waals surface area contributed by atoms with Crippen molar-refractivity contribution in [3.8, 4) is 33.5 Å². The number of fused-ring (bicyclic) bond motifs is 15. The van der Waals surface area contributed by atoms with Crippen LogP contribution in [0.4, 0.5) is 26.1 Å². The first-order chi connectivity index (χ1) is 49.5. The van der Waals surface area contributed by atoms with Crippen LogP contribution < -0.4 is 15.5 Å². The van der Waals surface area contributed by atoms with E-state index in [0.717, 1.165) is 129 Å². The highest BCUT2D eigenvalue weighted by molar-refractivity contribution is 7.90. The van der Waals surface area contributed by atoms with Crippen molar-refractivity contribution in [1.29, 1.82) is 0 Å². The van der Waals surface area contributed by atoms with Crippen LogP contribution in [0.2, 0.25) is 0 Å². The van der Waals surface area contributed by atoms with Gasteiger partial charge >= 0.3 is 0 Å². The minimum absolute atomic E-state index is 0. The van der Waals surface area contributed by atoms with Crippen molar-refractivity contribution in [2.45, 2.75) is 81.5 Å². The summed E-state index contributed by atoms with van der Waals surface area (Å²) in [6.45, 7) is 10.3. The lowest BCUT2D eigenvalue weighted by Crippen LogP contribution is -2.53. The Kier molecular flexibility index (Phi) is 17.5. The summed E-state index contributed by atoms with van der Waals surface area (Å²) in [7, 11) is -1.09. The first kappa shape index (κ1) is 67.6. The van der Waals surface area contributed by atoms with Crippen molar-refractivity contribution in [1.82, 2.24) is 58.6 Å². The first-order valence-corrected chi connectivity index (χ1v) is 36.7. The zero-order chi connectivity index (χ0) is 69.8. The number of piperazine rings is 1. The number of aromatic nitrogens is 9. The molecule has 1 aliphatic carbocycles. The van der Waals surface area contributed by atoms with Gasteiger partial charge in [0.15, 0.2) is 27.0 Å². The number of aliphatic hydroxyl groups excluding tert-OH is 1. The summed E-state index contributed by atoms with van der Waals surface area (Å²) in [5, 5.41) is 42.1. The van der Waals surface area contributed by atoms with Crippen LogP contribution in [0, 0.1) is 11.6 Å². The highest BCUT2D eigenvalue weighted by Gasteiger charge is 2.61. The fourth-order valence-electron chi connectivity index (χ4n) is 16.0. The van der Waals surface area contributed by atoms with E-state index in [1.807, 2.05) is 102 Å². The molecule has 0 radical (unpaired) electrons. The number of halogens is 2. The number of anilines is 3. The summed E-state index contributed by atoms with van der Waals surface area (Å²) in [5.41, 5.74) is 11.8. The number of nitrogens with zero attached hydrogens (tertiary/aromatic N) is 12. The molecule has 24 heteroatoms. The molecule has 21 nitrogen and oxygen atoms in total. The summed E-state index contributed by atoms with van der Waals surface area (Å²) in [5.74, 6) is -0.410. The van der Waals surface area contributed by atoms with Gasteiger partial charge < -0.3 is 49.3 Å². The molecule has 1 unspecified atom stereocenters. The number of ketones is 1. The van der Waals surface area contributed by atoms with Crippen molar-refractivity contribution >= 4 is 93.2 Å². The first-order valence-electron chi connectivity index (χ1n) is 34.8. The summed E-state index contributed by atoms with van der Waals surface area (Å²) in [6, 6.07) is 44.0. The highest BCUT2D eigenvalue weighted by atomic mass is 32.2. The van der Waals surface area contributed by atoms with Gasteiger partial charge in [-0.15, -0.1) is 5.10 Å². The van der Waals surface area contributed by atoms with Crippen molar-refractivity contribution < 1.29 is 41.7 Å². The summed E-state index contributed by atoms with van der Waals surface area (Å²) in [4.78, 5) is 34.5. The molecule has 0 spiro atoms. The van der Waals surface area contributed by atoms with Gasteiger partial charge in [-0.3, -0.25) is 19.4 Å². The molecular weight excluding hydrogens is 1330 g/mol. The Hall–Kier alpha value is -9.89. The van der Waals surface area contributed by atoms with Gasteiger partial charge in [0.1, 0.15) is 23.5 Å². The minimum Gasteiger partial charge on any atom is -0.393 e. The van der Waals surface area contributed by atoms with E-state index in [1.165, 1.54) is 24.1 Å². The Morgan fingerprint density at radius 3 is 2.22 bits per heavy atom. The second-order valence-electron chi connectivity index (χ2n) is 27.7. The quantitative estimate of drug-likeness (QED) is 0.0944. The number of morpholine rings is 1. The molecule has 3 atom stereocenters. The van der Waals surface area contributed by atoms with Gasteiger partial charge in [0, 0.05) is 138 Å². The van der Waals surface area contributed by atoms with E-state index in [9.17, 15) is 23.4 Å². The maximum Gasteiger partial charge on any atom is 0.247 e. The maximum absolute atomic E-state index is 15.1. The molecule has 0 saturated carbocycles. The molecule has 2 bridgehead atoms. The molecule has 0 amide bonds. The zero-order valence-corrected chi connectivity index (χ0v) is 57.5. The van der Waals surface area contributed by atoms with Crippen LogP contribution in [0.5, 0.6) is 0 Å². The third kappa shape index (κ3) is 11.9. The molecule has 4 saturated heterocycles. The number of aliphatic hydroxyl groups is 2. The van der Waals surface area contributed by atoms with E-state index in [0.29, 0.717) is 89.5 Å². The van der Waals surface area contributed by atoms with Gasteiger partial charge in [0.2, 0.25) is 5.95 Å². The van der Waals surface area contributed by atoms with Gasteiger partial charge in [-0.1, -0.05) is 74.2 Å². The number of pyridine rings is 1. The number of hydrogen-bond acceptors (Lipinski definition) is 17. The number of nitrogens with one attached hydrogen (secondary N) is 2. The van der Waals surface area contributed by atoms with Gasteiger partial charge in [0.05, 0.1) is 81.9 Å². The van der Waals surface area contributed by atoms with E-state index < -0.39 is 45.6 Å². The molecule has 4 N–H and O–H groups in total. The van der Waals surface area contributed by atoms with E-state index in [-0.39, 0.29) is 31.7 Å². The third-order valence-electron chi connectivity index (χ3n) is 21.5. The number of ether oxygens (including phenoxy) is 2. The van der Waals surface area contributed by atoms with E-state index >= 15 is 8.78 Å². The van der Waals surface area contributed by atoms with Crippen LogP contribution in [-0.4, -0.2) is 169 Å². The van der Waals surface area contributed by atoms with Crippen molar-refractivity contribution in [2.75, 3.05) is 95.7 Å². The average molecular weight is 1410 g/mol. The average Bonchev–Trinajstić information content (AvgIpc) is 1.49. The lowest BCUT2D eigenvalue weighted by Gasteiger charge is -2.38. The van der Waals surface area contributed by atoms with Gasteiger partial charge in [0.25, 0.3) is 0 Å². The fraction of sp³-hybridized carbons (Fsp3) is 0.316. The predicted octanol–water partition coefficient (Wildman–Crippen LogP) is 12.5. The monoisotopic (exact) mass is 1410 g/mol. The standard InChI is InChI=1S/C27H28F2N6O.C27H22N2O4.C24H26N6O2S.CH4/c28-23-12-18(13-24(29)22(23)17-34-8-10-36-11-9-34)21-2-1-3-25-27(21)33-26(15-31-25)19-14-32-35(16-19)20-4-6-30-7-5-20;1-26-27(32,13-30)12-20(33-26)28-17-8-4-2-6-14(17)23-22-16(10-11-19(22)31)21-15-7-3-5-9-18(15)29(26)25(21)24(23)28;1-28-13-15-29(16-14-28)20-6-3-5-19(17-20)25-24-26-23-22(7-4-12-30(23)27-24)18-8-10-21(11-9-18)33(2,31)32;/h1-3,12-16,20,30H,4-11,17H2;2-9,20,30,32H,10-13H2,1H3;3-12,17H,13-16H2,1-2H3,(H,25,27);1H4/t;20?,26-,27-;;/m.0../s1. The highest BCUT2D eigenvalue weighted by Crippen LogP contribution is 2.58. The van der Waals surface area contributed by atoms with Gasteiger partial charge in [-0.05, 0) is 136 Å². The van der Waals surface area contributed by atoms with E-state index in [2.05, 4.69) is 82.1 Å². The number of sulfone groups is 1. The third-order valence-corrected chi connectivity index (χ3v) is 22.6. The topological polar surface area (TPSA) is 228 Å². The minimum atomic E-state index is -3.24. The molecule has 13 aromatic rings. The molecule has 103 heavy (non-hydrogen) atoms. The Labute approximate surface area is 593 Å². The Morgan fingerprint density at radius 1 is 0.757 bits per heavy atom. The normalized spacial score (nSPS) is 20.0. The molecule has 4 fully saturated rings. The molecule has 528 valence electrons. The van der Waals surface area contributed by atoms with E-state index in [4.69, 9.17) is 19.4 Å². The van der Waals surface area contributed by atoms with Crippen molar-refractivity contribution in [3.05, 3.63) is 193 Å². The number of para-hydroxylation sites is 3. The number of aryl methyl sites for hydroxylation is 1. The summed E-state index contributed by atoms with van der Waals surface area (Å²) < 4.78 is 73.8. The number of rotatable bonds is 11. The van der Waals surface area contributed by atoms with Crippen molar-refractivity contribution in [2.24, 2.45) is 0 Å². The summed E-state index contributed by atoms with van der Waals surface area (Å²) >= 11 is 0. The number of hydrogen-bond donors (Lipinski definition) is 4. The van der Waals surface area contributed by atoms with Crippen LogP contribution in [0.15, 0.2) is 169 Å². The van der Waals surface area contributed by atoms with Crippen molar-refractivity contribution in [3.63, 3.8) is 0 Å². The lowest BCUT2D eigenvalue weighted by atomic mass is 9.89. The number of benzene rings is 7. The number of carbonyl (C=O) groups is 1. The number of Topliss-reactive ketones (excluding diaryl/α,β-unsaturated/α-hetero) is 1. The second kappa shape index (κ2) is 26.7. The van der Waals surface area contributed by atoms with Crippen LogP contribution in [0.25, 0.3) is 93.8 Å². The Morgan fingerprint density at radius 2 is 1.48 bits per heavy atom. The zero-order valence-electron chi connectivity index (χ0n) is 56.7. The van der Waals surface area contributed by atoms with Crippen LogP contribution in [-0.2, 0) is 38.0 Å². The molecule has 6 aromatic heterocycles. The van der Waals surface area contributed by atoms with E-state index in [1.54, 1.807) is 41.2 Å². The largest absolute Gasteiger partial charge is 0.393 e. The number of carbonyl (C=O) groups excluding carboxylic acids is 1. The van der Waals surface area contributed by atoms with Gasteiger partial charge in [-0.2, -0.15) is 10.1 Å². The lowest BCUT2D eigenvalue weighted by molar-refractivity contribution is -0.189. The molecule has 5 aliphatic heterocycles. The predicted molar refractivity (Wildman–Crippen MR) is 397 cm³/mol. The van der Waals surface area contributed by atoms with Gasteiger partial charge in [-0.25, -0.2) is 26.7 Å². The maximum atomic E-state index is 15.1. The molecule has 7 aromatic carbocycles. The number of likely N-dealkylation sites (N-methyl/N-ethyl adjacent to an activating group) is 1. The SMILES string of the molecule is C.CN1CCN(c2cccc(Nc3nc4c(-c5ccc(S(C)(=O)=O)cc5)cccn4n3)c2)CC1.C[C@]12OC(C[C@]1(O)CO)n1c3ccccc3c3c4c(c5c6ccccc6n2c5c31)CCC4=O.Fc1cc(-c2cccc3ncc(-c4cnn(C5CCNCC5)c4)nc23)cc(F)c1CN1CCOCC1. The molecular formula is C79H80F2N14O7S. The molecule has 19 rings (SSSR count). The molecule has 6 aliphatic rings. The Balaban J connectivity index is 0.000000119. The number of piperidine rings is 1. The fourth-order valence-corrected chi connectivity index (χ4v) is 16.7. The summed E-state index contributed by atoms with van der Waals surface area (Å²) in [6.07, 6.45) is 11.7. The smallest absolute Gasteiger partial charge is 0.247 e. The van der Waals surface area contributed by atoms with Crippen LogP contribution >= 0.6 is 0 Å². The van der Waals surface area contributed by atoms with Crippen LogP contribution in [0.1, 0.15) is 73.8 Å².